The molecule has 2 aromatic rings. The molecule has 1 aliphatic heterocycles. The predicted octanol–water partition coefficient (Wildman–Crippen LogP) is 3.39. The molecule has 0 aliphatic carbocycles. The van der Waals surface area contributed by atoms with Gasteiger partial charge in [-0.15, -0.1) is 11.8 Å². The summed E-state index contributed by atoms with van der Waals surface area (Å²) in [5.41, 5.74) is 1.74. The minimum Gasteiger partial charge on any atom is -0.322 e. The highest BCUT2D eigenvalue weighted by molar-refractivity contribution is 7.99. The van der Waals surface area contributed by atoms with Crippen molar-refractivity contribution in [3.8, 4) is 0 Å². The van der Waals surface area contributed by atoms with Crippen molar-refractivity contribution in [1.29, 1.82) is 0 Å². The van der Waals surface area contributed by atoms with Gasteiger partial charge in [-0.05, 0) is 35.4 Å². The average Bonchev–Trinajstić information content (AvgIpc) is 2.58. The summed E-state index contributed by atoms with van der Waals surface area (Å²) >= 11 is 1.65. The van der Waals surface area contributed by atoms with E-state index in [2.05, 4.69) is 0 Å². The van der Waals surface area contributed by atoms with Gasteiger partial charge in [-0.2, -0.15) is 0 Å². The molecule has 1 heterocycles. The molecule has 1 unspecified atom stereocenters. The van der Waals surface area contributed by atoms with Crippen molar-refractivity contribution in [2.45, 2.75) is 23.2 Å². The molecule has 0 spiro atoms. The summed E-state index contributed by atoms with van der Waals surface area (Å²) in [6, 6.07) is 12.8. The van der Waals surface area contributed by atoms with Crippen molar-refractivity contribution in [1.82, 2.24) is 4.90 Å². The lowest BCUT2D eigenvalue weighted by Crippen LogP contribution is -2.36. The average molecular weight is 379 g/mol. The molecule has 0 bridgehead atoms. The number of nitrogens with zero attached hydrogens (tertiary/aromatic N) is 1. The predicted molar refractivity (Wildman–Crippen MR) is 96.3 cm³/mol. The molecule has 1 amide bonds. The third-order valence-corrected chi connectivity index (χ3v) is 6.47. The van der Waals surface area contributed by atoms with Crippen LogP contribution in [-0.4, -0.2) is 31.2 Å². The molecule has 2 aromatic carbocycles. The van der Waals surface area contributed by atoms with Crippen molar-refractivity contribution in [2.75, 3.05) is 12.0 Å². The molecule has 132 valence electrons. The summed E-state index contributed by atoms with van der Waals surface area (Å²) in [5.74, 6) is 0.452. The molecule has 0 saturated carbocycles. The van der Waals surface area contributed by atoms with Gasteiger partial charge in [-0.1, -0.05) is 24.3 Å². The second-order valence-electron chi connectivity index (χ2n) is 5.96. The Morgan fingerprint density at radius 2 is 1.76 bits per heavy atom. The Labute approximate surface area is 151 Å². The van der Waals surface area contributed by atoms with E-state index in [1.165, 1.54) is 18.4 Å². The SMILES string of the molecule is CS(=O)(=O)c1ccc(C2SCCC(=O)N2Cc2ccc(F)cc2)cc1. The Balaban J connectivity index is 1.86. The van der Waals surface area contributed by atoms with E-state index < -0.39 is 9.84 Å². The fraction of sp³-hybridized carbons (Fsp3) is 0.278. The summed E-state index contributed by atoms with van der Waals surface area (Å²) in [6.07, 6.45) is 1.63. The van der Waals surface area contributed by atoms with E-state index in [0.29, 0.717) is 13.0 Å². The number of thioether (sulfide) groups is 1. The fourth-order valence-corrected chi connectivity index (χ4v) is 4.60. The minimum absolute atomic E-state index is 0.0419. The Morgan fingerprint density at radius 1 is 1.12 bits per heavy atom. The highest BCUT2D eigenvalue weighted by Gasteiger charge is 2.30. The number of amides is 1. The maximum atomic E-state index is 13.1. The van der Waals surface area contributed by atoms with Gasteiger partial charge in [-0.3, -0.25) is 4.79 Å². The molecule has 4 nitrogen and oxygen atoms in total. The molecular weight excluding hydrogens is 361 g/mol. The number of benzene rings is 2. The first kappa shape index (κ1) is 17.9. The van der Waals surface area contributed by atoms with Gasteiger partial charge < -0.3 is 4.90 Å². The van der Waals surface area contributed by atoms with Gasteiger partial charge in [0.2, 0.25) is 5.91 Å². The Hall–Kier alpha value is -1.86. The number of hydrogen-bond donors (Lipinski definition) is 0. The third-order valence-electron chi connectivity index (χ3n) is 4.05. The number of rotatable bonds is 4. The zero-order chi connectivity index (χ0) is 18.0. The van der Waals surface area contributed by atoms with Crippen LogP contribution < -0.4 is 0 Å². The largest absolute Gasteiger partial charge is 0.322 e. The number of halogens is 1. The first-order valence-corrected chi connectivity index (χ1v) is 10.7. The van der Waals surface area contributed by atoms with Crippen LogP contribution in [-0.2, 0) is 21.2 Å². The lowest BCUT2D eigenvalue weighted by atomic mass is 10.1. The molecule has 0 N–H and O–H groups in total. The van der Waals surface area contributed by atoms with E-state index in [9.17, 15) is 17.6 Å². The molecular formula is C18H18FNO3S2. The quantitative estimate of drug-likeness (QED) is 0.817. The second kappa shape index (κ2) is 7.17. The van der Waals surface area contributed by atoms with Crippen LogP contribution >= 0.6 is 11.8 Å². The van der Waals surface area contributed by atoms with Crippen LogP contribution in [0.4, 0.5) is 4.39 Å². The molecule has 1 fully saturated rings. The Kier molecular flexibility index (Phi) is 5.15. The van der Waals surface area contributed by atoms with Gasteiger partial charge in [0.25, 0.3) is 0 Å². The highest BCUT2D eigenvalue weighted by Crippen LogP contribution is 2.38. The summed E-state index contributed by atoms with van der Waals surface area (Å²) in [6.45, 7) is 0.393. The minimum atomic E-state index is -3.25. The standard InChI is InChI=1S/C18H18FNO3S2/c1-25(22,23)16-8-4-14(5-9-16)18-20(17(21)10-11-24-18)12-13-2-6-15(19)7-3-13/h2-9,18H,10-12H2,1H3. The van der Waals surface area contributed by atoms with E-state index in [4.69, 9.17) is 0 Å². The lowest BCUT2D eigenvalue weighted by molar-refractivity contribution is -0.132. The summed E-state index contributed by atoms with van der Waals surface area (Å²) in [5, 5.41) is -0.181. The topological polar surface area (TPSA) is 54.5 Å². The van der Waals surface area contributed by atoms with E-state index in [1.54, 1.807) is 53.1 Å². The molecule has 7 heteroatoms. The zero-order valence-corrected chi connectivity index (χ0v) is 15.3. The number of carbonyl (C=O) groups is 1. The van der Waals surface area contributed by atoms with Gasteiger partial charge in [0.05, 0.1) is 4.90 Å². The van der Waals surface area contributed by atoms with E-state index in [-0.39, 0.29) is 22.0 Å². The van der Waals surface area contributed by atoms with Gasteiger partial charge in [-0.25, -0.2) is 12.8 Å². The van der Waals surface area contributed by atoms with Crippen LogP contribution in [0.1, 0.15) is 22.9 Å². The lowest BCUT2D eigenvalue weighted by Gasteiger charge is -2.35. The maximum absolute atomic E-state index is 13.1. The Morgan fingerprint density at radius 3 is 2.36 bits per heavy atom. The summed E-state index contributed by atoms with van der Waals surface area (Å²) < 4.78 is 36.3. The highest BCUT2D eigenvalue weighted by atomic mass is 32.2. The van der Waals surface area contributed by atoms with Crippen molar-refractivity contribution < 1.29 is 17.6 Å². The molecule has 1 aliphatic rings. The smallest absolute Gasteiger partial charge is 0.224 e. The van der Waals surface area contributed by atoms with Gasteiger partial charge in [0.1, 0.15) is 11.2 Å². The van der Waals surface area contributed by atoms with Crippen LogP contribution in [0.5, 0.6) is 0 Å². The second-order valence-corrected chi connectivity index (χ2v) is 9.17. The van der Waals surface area contributed by atoms with E-state index in [1.807, 2.05) is 0 Å². The maximum Gasteiger partial charge on any atom is 0.224 e. The van der Waals surface area contributed by atoms with Crippen molar-refractivity contribution in [3.05, 3.63) is 65.5 Å². The molecule has 0 aromatic heterocycles. The van der Waals surface area contributed by atoms with Gasteiger partial charge in [0, 0.05) is 25.0 Å². The molecule has 0 radical (unpaired) electrons. The summed E-state index contributed by atoms with van der Waals surface area (Å²) in [7, 11) is -3.25. The first-order chi connectivity index (χ1) is 11.8. The Bertz CT molecular complexity index is 864. The molecule has 25 heavy (non-hydrogen) atoms. The van der Waals surface area contributed by atoms with Crippen molar-refractivity contribution in [2.24, 2.45) is 0 Å². The van der Waals surface area contributed by atoms with Crippen LogP contribution in [0, 0.1) is 5.82 Å². The van der Waals surface area contributed by atoms with Gasteiger partial charge in [0.15, 0.2) is 9.84 Å². The normalized spacial score (nSPS) is 18.4. The van der Waals surface area contributed by atoms with Crippen LogP contribution in [0.15, 0.2) is 53.4 Å². The van der Waals surface area contributed by atoms with Crippen molar-refractivity contribution >= 4 is 27.5 Å². The van der Waals surface area contributed by atoms with Crippen molar-refractivity contribution in [3.63, 3.8) is 0 Å². The van der Waals surface area contributed by atoms with E-state index in [0.717, 1.165) is 16.9 Å². The van der Waals surface area contributed by atoms with Crippen LogP contribution in [0.3, 0.4) is 0 Å². The fourth-order valence-electron chi connectivity index (χ4n) is 2.74. The number of sulfone groups is 1. The first-order valence-electron chi connectivity index (χ1n) is 7.80. The van der Waals surface area contributed by atoms with Crippen LogP contribution in [0.2, 0.25) is 0 Å². The van der Waals surface area contributed by atoms with Gasteiger partial charge >= 0.3 is 0 Å². The third kappa shape index (κ3) is 4.22. The van der Waals surface area contributed by atoms with E-state index >= 15 is 0 Å². The molecule has 3 rings (SSSR count). The van der Waals surface area contributed by atoms with Crippen LogP contribution in [0.25, 0.3) is 0 Å². The number of hydrogen-bond acceptors (Lipinski definition) is 4. The zero-order valence-electron chi connectivity index (χ0n) is 13.7. The monoisotopic (exact) mass is 379 g/mol. The molecule has 1 saturated heterocycles. The molecule has 1 atom stereocenters. The summed E-state index contributed by atoms with van der Waals surface area (Å²) in [4.78, 5) is 14.4. The number of carbonyl (C=O) groups excluding carboxylic acids is 1.